The summed E-state index contributed by atoms with van der Waals surface area (Å²) in [6, 6.07) is 2.02. The van der Waals surface area contributed by atoms with E-state index in [9.17, 15) is 0 Å². The number of rotatable bonds is 7. The van der Waals surface area contributed by atoms with E-state index in [1.807, 2.05) is 13.0 Å². The van der Waals surface area contributed by atoms with E-state index in [0.29, 0.717) is 0 Å². The minimum atomic E-state index is 0.724. The SMILES string of the molecule is COCCNCc1cc(C)nc(CSC)n1. The first-order valence-electron chi connectivity index (χ1n) is 5.28. The molecule has 0 saturated heterocycles. The number of nitrogens with one attached hydrogen (secondary N) is 1. The van der Waals surface area contributed by atoms with Crippen molar-refractivity contribution in [1.29, 1.82) is 0 Å². The van der Waals surface area contributed by atoms with Gasteiger partial charge in [0.05, 0.1) is 18.1 Å². The van der Waals surface area contributed by atoms with Crippen LogP contribution in [-0.2, 0) is 17.0 Å². The third-order valence-corrected chi connectivity index (χ3v) is 2.56. The quantitative estimate of drug-likeness (QED) is 0.731. The van der Waals surface area contributed by atoms with Crippen LogP contribution in [0.15, 0.2) is 6.07 Å². The zero-order valence-corrected chi connectivity index (χ0v) is 10.9. The molecule has 90 valence electrons. The first kappa shape index (κ1) is 13.4. The van der Waals surface area contributed by atoms with Gasteiger partial charge in [0.15, 0.2) is 0 Å². The number of hydrogen-bond donors (Lipinski definition) is 1. The maximum atomic E-state index is 4.97. The fourth-order valence-electron chi connectivity index (χ4n) is 1.37. The van der Waals surface area contributed by atoms with E-state index in [-0.39, 0.29) is 0 Å². The molecule has 0 aliphatic heterocycles. The van der Waals surface area contributed by atoms with E-state index >= 15 is 0 Å². The van der Waals surface area contributed by atoms with Gasteiger partial charge < -0.3 is 10.1 Å². The van der Waals surface area contributed by atoms with Crippen LogP contribution in [0.2, 0.25) is 0 Å². The molecule has 1 aromatic rings. The van der Waals surface area contributed by atoms with Crippen LogP contribution in [0.5, 0.6) is 0 Å². The average molecular weight is 241 g/mol. The molecule has 0 radical (unpaired) electrons. The Balaban J connectivity index is 2.51. The average Bonchev–Trinajstić information content (AvgIpc) is 2.24. The first-order chi connectivity index (χ1) is 7.76. The lowest BCUT2D eigenvalue weighted by Crippen LogP contribution is -2.19. The van der Waals surface area contributed by atoms with E-state index < -0.39 is 0 Å². The summed E-state index contributed by atoms with van der Waals surface area (Å²) in [5.41, 5.74) is 2.08. The summed E-state index contributed by atoms with van der Waals surface area (Å²) in [7, 11) is 1.70. The van der Waals surface area contributed by atoms with E-state index in [1.165, 1.54) is 0 Å². The Hall–Kier alpha value is -0.650. The lowest BCUT2D eigenvalue weighted by molar-refractivity contribution is 0.199. The monoisotopic (exact) mass is 241 g/mol. The van der Waals surface area contributed by atoms with Gasteiger partial charge in [0.2, 0.25) is 0 Å². The largest absolute Gasteiger partial charge is 0.383 e. The van der Waals surface area contributed by atoms with E-state index in [2.05, 4.69) is 21.5 Å². The number of ether oxygens (including phenoxy) is 1. The van der Waals surface area contributed by atoms with Crippen molar-refractivity contribution in [2.45, 2.75) is 19.2 Å². The predicted molar refractivity (Wildman–Crippen MR) is 67.6 cm³/mol. The molecule has 0 spiro atoms. The molecule has 0 aliphatic rings. The second-order valence-electron chi connectivity index (χ2n) is 3.52. The van der Waals surface area contributed by atoms with Crippen LogP contribution in [-0.4, -0.2) is 36.5 Å². The number of thioether (sulfide) groups is 1. The van der Waals surface area contributed by atoms with Crippen LogP contribution < -0.4 is 5.32 Å². The molecule has 0 aromatic carbocycles. The molecule has 0 unspecified atom stereocenters. The standard InChI is InChI=1S/C11H19N3OS/c1-9-6-10(7-12-4-5-15-2)14-11(13-9)8-16-3/h6,12H,4-5,7-8H2,1-3H3. The molecule has 4 nitrogen and oxygen atoms in total. The second-order valence-corrected chi connectivity index (χ2v) is 4.39. The summed E-state index contributed by atoms with van der Waals surface area (Å²) >= 11 is 1.74. The highest BCUT2D eigenvalue weighted by Crippen LogP contribution is 2.06. The molecule has 0 aliphatic carbocycles. The highest BCUT2D eigenvalue weighted by molar-refractivity contribution is 7.97. The molecule has 0 amide bonds. The highest BCUT2D eigenvalue weighted by atomic mass is 32.2. The molecule has 0 saturated carbocycles. The third-order valence-electron chi connectivity index (χ3n) is 2.02. The summed E-state index contributed by atoms with van der Waals surface area (Å²) in [6.45, 7) is 4.34. The van der Waals surface area contributed by atoms with Gasteiger partial charge in [-0.1, -0.05) is 0 Å². The van der Waals surface area contributed by atoms with Crippen molar-refractivity contribution in [1.82, 2.24) is 15.3 Å². The van der Waals surface area contributed by atoms with Gasteiger partial charge in [-0.15, -0.1) is 0 Å². The summed E-state index contributed by atoms with van der Waals surface area (Å²) in [4.78, 5) is 8.87. The van der Waals surface area contributed by atoms with Gasteiger partial charge in [0.1, 0.15) is 5.82 Å². The van der Waals surface area contributed by atoms with Crippen LogP contribution in [0.3, 0.4) is 0 Å². The van der Waals surface area contributed by atoms with E-state index in [1.54, 1.807) is 18.9 Å². The van der Waals surface area contributed by atoms with Crippen LogP contribution in [0.4, 0.5) is 0 Å². The van der Waals surface area contributed by atoms with Gasteiger partial charge >= 0.3 is 0 Å². The molecule has 1 N–H and O–H groups in total. The fourth-order valence-corrected chi connectivity index (χ4v) is 1.76. The van der Waals surface area contributed by atoms with Gasteiger partial charge in [0, 0.05) is 25.9 Å². The Morgan fingerprint density at radius 2 is 2.25 bits per heavy atom. The smallest absolute Gasteiger partial charge is 0.138 e. The first-order valence-corrected chi connectivity index (χ1v) is 6.67. The second kappa shape index (κ2) is 7.60. The molecule has 1 aromatic heterocycles. The fraction of sp³-hybridized carbons (Fsp3) is 0.636. The number of methoxy groups -OCH3 is 1. The van der Waals surface area contributed by atoms with Crippen LogP contribution in [0.1, 0.15) is 17.2 Å². The normalized spacial score (nSPS) is 10.7. The third kappa shape index (κ3) is 4.92. The van der Waals surface area contributed by atoms with E-state index in [0.717, 1.165) is 42.7 Å². The zero-order chi connectivity index (χ0) is 11.8. The predicted octanol–water partition coefficient (Wildman–Crippen LogP) is 1.38. The molecule has 0 atom stereocenters. The Labute approximate surface area is 101 Å². The Kier molecular flexibility index (Phi) is 6.37. The van der Waals surface area contributed by atoms with Gasteiger partial charge in [0.25, 0.3) is 0 Å². The minimum Gasteiger partial charge on any atom is -0.383 e. The van der Waals surface area contributed by atoms with Crippen molar-refractivity contribution in [2.75, 3.05) is 26.5 Å². The van der Waals surface area contributed by atoms with Gasteiger partial charge in [-0.3, -0.25) is 0 Å². The summed E-state index contributed by atoms with van der Waals surface area (Å²) in [6.07, 6.45) is 2.06. The van der Waals surface area contributed by atoms with Crippen molar-refractivity contribution in [2.24, 2.45) is 0 Å². The number of aryl methyl sites for hydroxylation is 1. The van der Waals surface area contributed by atoms with Crippen molar-refractivity contribution >= 4 is 11.8 Å². The van der Waals surface area contributed by atoms with Gasteiger partial charge in [-0.05, 0) is 19.2 Å². The van der Waals surface area contributed by atoms with Crippen LogP contribution in [0.25, 0.3) is 0 Å². The molecular weight excluding hydrogens is 222 g/mol. The van der Waals surface area contributed by atoms with E-state index in [4.69, 9.17) is 4.74 Å². The van der Waals surface area contributed by atoms with Gasteiger partial charge in [-0.2, -0.15) is 11.8 Å². The zero-order valence-electron chi connectivity index (χ0n) is 10.1. The topological polar surface area (TPSA) is 47.0 Å². The Bertz CT molecular complexity index is 320. The lowest BCUT2D eigenvalue weighted by atomic mass is 10.3. The van der Waals surface area contributed by atoms with Crippen LogP contribution in [0, 0.1) is 6.92 Å². The Morgan fingerprint density at radius 1 is 1.44 bits per heavy atom. The maximum absolute atomic E-state index is 4.97. The molecule has 0 bridgehead atoms. The summed E-state index contributed by atoms with van der Waals surface area (Å²) in [5.74, 6) is 1.78. The van der Waals surface area contributed by atoms with Crippen LogP contribution >= 0.6 is 11.8 Å². The Morgan fingerprint density at radius 3 is 2.94 bits per heavy atom. The van der Waals surface area contributed by atoms with Crippen molar-refractivity contribution in [3.8, 4) is 0 Å². The van der Waals surface area contributed by atoms with Crippen molar-refractivity contribution in [3.05, 3.63) is 23.3 Å². The molecular formula is C11H19N3OS. The molecule has 16 heavy (non-hydrogen) atoms. The summed E-state index contributed by atoms with van der Waals surface area (Å²) < 4.78 is 4.97. The highest BCUT2D eigenvalue weighted by Gasteiger charge is 2.01. The molecule has 1 heterocycles. The van der Waals surface area contributed by atoms with Crippen molar-refractivity contribution < 1.29 is 4.74 Å². The van der Waals surface area contributed by atoms with Crippen molar-refractivity contribution in [3.63, 3.8) is 0 Å². The lowest BCUT2D eigenvalue weighted by Gasteiger charge is -2.06. The number of aromatic nitrogens is 2. The van der Waals surface area contributed by atoms with Gasteiger partial charge in [-0.25, -0.2) is 9.97 Å². The number of hydrogen-bond acceptors (Lipinski definition) is 5. The molecule has 0 fully saturated rings. The maximum Gasteiger partial charge on any atom is 0.138 e. The number of nitrogens with zero attached hydrogens (tertiary/aromatic N) is 2. The molecule has 5 heteroatoms. The minimum absolute atomic E-state index is 0.724. The summed E-state index contributed by atoms with van der Waals surface area (Å²) in [5, 5.41) is 3.28. The molecule has 1 rings (SSSR count).